The minimum absolute atomic E-state index is 0.549. The van der Waals surface area contributed by atoms with Crippen LogP contribution < -0.4 is 0 Å². The Labute approximate surface area is 160 Å². The lowest BCUT2D eigenvalue weighted by atomic mass is 10.2. The maximum Gasteiger partial charge on any atom is 0.248 e. The monoisotopic (exact) mass is 417 g/mol. The number of hydrogen-bond acceptors (Lipinski definition) is 7. The van der Waals surface area contributed by atoms with Gasteiger partial charge >= 0.3 is 0 Å². The van der Waals surface area contributed by atoms with Gasteiger partial charge in [-0.2, -0.15) is 0 Å². The van der Waals surface area contributed by atoms with E-state index in [0.717, 1.165) is 54.2 Å². The van der Waals surface area contributed by atoms with Crippen LogP contribution in [0.1, 0.15) is 17.3 Å². The second-order valence-electron chi connectivity index (χ2n) is 6.46. The molecule has 1 aliphatic rings. The Morgan fingerprint density at radius 1 is 1.04 bits per heavy atom. The minimum atomic E-state index is 0.549. The zero-order valence-corrected chi connectivity index (χ0v) is 16.1. The van der Waals surface area contributed by atoms with Gasteiger partial charge in [0.1, 0.15) is 5.76 Å². The van der Waals surface area contributed by atoms with Crippen LogP contribution in [0.4, 0.5) is 0 Å². The summed E-state index contributed by atoms with van der Waals surface area (Å²) >= 11 is 3.52. The van der Waals surface area contributed by atoms with Crippen LogP contribution in [-0.2, 0) is 13.1 Å². The smallest absolute Gasteiger partial charge is 0.248 e. The maximum atomic E-state index is 5.85. The van der Waals surface area contributed by atoms with Crippen molar-refractivity contribution in [2.24, 2.45) is 0 Å². The number of piperazine rings is 1. The van der Waals surface area contributed by atoms with E-state index < -0.39 is 0 Å². The zero-order chi connectivity index (χ0) is 17.9. The van der Waals surface area contributed by atoms with Crippen molar-refractivity contribution in [2.45, 2.75) is 20.0 Å². The topological polar surface area (TPSA) is 71.4 Å². The van der Waals surface area contributed by atoms with Gasteiger partial charge < -0.3 is 8.94 Å². The number of aromatic nitrogens is 3. The molecule has 136 valence electrons. The Balaban J connectivity index is 1.31. The molecule has 26 heavy (non-hydrogen) atoms. The first kappa shape index (κ1) is 17.4. The summed E-state index contributed by atoms with van der Waals surface area (Å²) in [6, 6.07) is 9.85. The molecule has 0 amide bonds. The van der Waals surface area contributed by atoms with Crippen molar-refractivity contribution in [3.05, 3.63) is 52.1 Å². The van der Waals surface area contributed by atoms with E-state index in [1.807, 2.05) is 37.3 Å². The van der Waals surface area contributed by atoms with Crippen LogP contribution in [0.3, 0.4) is 0 Å². The van der Waals surface area contributed by atoms with E-state index in [9.17, 15) is 0 Å². The summed E-state index contributed by atoms with van der Waals surface area (Å²) in [5.74, 6) is 2.06. The van der Waals surface area contributed by atoms with Gasteiger partial charge in [-0.3, -0.25) is 9.80 Å². The highest BCUT2D eigenvalue weighted by Gasteiger charge is 2.20. The summed E-state index contributed by atoms with van der Waals surface area (Å²) in [4.78, 5) is 4.72. The van der Waals surface area contributed by atoms with Crippen LogP contribution >= 0.6 is 15.9 Å². The number of rotatable bonds is 5. The molecule has 0 radical (unpaired) electrons. The second kappa shape index (κ2) is 7.69. The fourth-order valence-corrected chi connectivity index (χ4v) is 3.53. The molecule has 0 unspecified atom stereocenters. The Morgan fingerprint density at radius 3 is 2.46 bits per heavy atom. The average Bonchev–Trinajstić information content (AvgIpc) is 3.26. The predicted octanol–water partition coefficient (Wildman–Crippen LogP) is 3.11. The van der Waals surface area contributed by atoms with Gasteiger partial charge in [-0.05, 0) is 35.0 Å². The molecule has 3 aromatic rings. The van der Waals surface area contributed by atoms with Crippen molar-refractivity contribution in [3.63, 3.8) is 0 Å². The lowest BCUT2D eigenvalue weighted by Gasteiger charge is -2.33. The van der Waals surface area contributed by atoms with E-state index in [1.54, 1.807) is 0 Å². The summed E-state index contributed by atoms with van der Waals surface area (Å²) in [7, 11) is 0. The van der Waals surface area contributed by atoms with Gasteiger partial charge in [-0.15, -0.1) is 10.2 Å². The van der Waals surface area contributed by atoms with Gasteiger partial charge in [0.15, 0.2) is 0 Å². The molecule has 3 heterocycles. The number of nitrogens with zero attached hydrogens (tertiary/aromatic N) is 5. The standard InChI is InChI=1S/C18H20BrN5O2/c1-13-10-14(22-26-13)11-23-6-8-24(9-7-23)12-17-20-21-18(25-17)15-4-2-3-5-16(15)19/h2-5,10H,6-9,11-12H2,1H3. The van der Waals surface area contributed by atoms with Gasteiger partial charge in [-0.25, -0.2) is 0 Å². The molecule has 4 rings (SSSR count). The summed E-state index contributed by atoms with van der Waals surface area (Å²) in [5, 5.41) is 12.5. The van der Waals surface area contributed by atoms with Gasteiger partial charge in [0.25, 0.3) is 0 Å². The van der Waals surface area contributed by atoms with E-state index in [4.69, 9.17) is 8.94 Å². The van der Waals surface area contributed by atoms with Crippen LogP contribution in [0.2, 0.25) is 0 Å². The Kier molecular flexibility index (Phi) is 5.14. The molecular formula is C18H20BrN5O2. The normalized spacial score (nSPS) is 16.2. The molecule has 0 aliphatic carbocycles. The first-order valence-electron chi connectivity index (χ1n) is 8.61. The summed E-state index contributed by atoms with van der Waals surface area (Å²) < 4.78 is 11.9. The van der Waals surface area contributed by atoms with Crippen molar-refractivity contribution >= 4 is 15.9 Å². The Morgan fingerprint density at radius 2 is 1.77 bits per heavy atom. The van der Waals surface area contributed by atoms with Crippen LogP contribution in [0, 0.1) is 6.92 Å². The van der Waals surface area contributed by atoms with Gasteiger partial charge in [0.2, 0.25) is 11.8 Å². The molecule has 0 saturated carbocycles. The third-order valence-corrected chi connectivity index (χ3v) is 5.15. The first-order valence-corrected chi connectivity index (χ1v) is 9.41. The summed E-state index contributed by atoms with van der Waals surface area (Å²) in [6.45, 7) is 7.31. The number of benzene rings is 1. The molecule has 0 N–H and O–H groups in total. The van der Waals surface area contributed by atoms with Crippen molar-refractivity contribution < 1.29 is 8.94 Å². The predicted molar refractivity (Wildman–Crippen MR) is 99.2 cm³/mol. The van der Waals surface area contributed by atoms with Crippen molar-refractivity contribution in [2.75, 3.05) is 26.2 Å². The van der Waals surface area contributed by atoms with E-state index in [0.29, 0.717) is 18.3 Å². The van der Waals surface area contributed by atoms with Crippen molar-refractivity contribution in [1.29, 1.82) is 0 Å². The van der Waals surface area contributed by atoms with Gasteiger partial charge in [-0.1, -0.05) is 17.3 Å². The molecule has 1 fully saturated rings. The molecule has 0 spiro atoms. The van der Waals surface area contributed by atoms with Crippen molar-refractivity contribution in [3.8, 4) is 11.5 Å². The Hall–Kier alpha value is -2.03. The maximum absolute atomic E-state index is 5.85. The number of aryl methyl sites for hydroxylation is 1. The molecule has 0 bridgehead atoms. The third-order valence-electron chi connectivity index (χ3n) is 4.46. The lowest BCUT2D eigenvalue weighted by Crippen LogP contribution is -2.45. The largest absolute Gasteiger partial charge is 0.419 e. The zero-order valence-electron chi connectivity index (χ0n) is 14.6. The molecule has 7 nitrogen and oxygen atoms in total. The molecular weight excluding hydrogens is 398 g/mol. The SMILES string of the molecule is Cc1cc(CN2CCN(Cc3nnc(-c4ccccc4Br)o3)CC2)no1. The third kappa shape index (κ3) is 4.03. The first-order chi connectivity index (χ1) is 12.7. The average molecular weight is 418 g/mol. The highest BCUT2D eigenvalue weighted by molar-refractivity contribution is 9.10. The molecule has 0 atom stereocenters. The molecule has 1 aromatic carbocycles. The van der Waals surface area contributed by atoms with Crippen molar-refractivity contribution in [1.82, 2.24) is 25.2 Å². The van der Waals surface area contributed by atoms with E-state index in [2.05, 4.69) is 41.1 Å². The lowest BCUT2D eigenvalue weighted by molar-refractivity contribution is 0.113. The molecule has 2 aromatic heterocycles. The summed E-state index contributed by atoms with van der Waals surface area (Å²) in [6.07, 6.45) is 0. The molecule has 1 saturated heterocycles. The van der Waals surface area contributed by atoms with E-state index in [-0.39, 0.29) is 0 Å². The van der Waals surface area contributed by atoms with E-state index >= 15 is 0 Å². The van der Waals surface area contributed by atoms with Gasteiger partial charge in [0, 0.05) is 43.3 Å². The van der Waals surface area contributed by atoms with E-state index in [1.165, 1.54) is 0 Å². The van der Waals surface area contributed by atoms with Crippen LogP contribution in [0.5, 0.6) is 0 Å². The molecule has 8 heteroatoms. The highest BCUT2D eigenvalue weighted by atomic mass is 79.9. The quantitative estimate of drug-likeness (QED) is 0.631. The van der Waals surface area contributed by atoms with Crippen LogP contribution in [-0.4, -0.2) is 51.3 Å². The molecule has 1 aliphatic heterocycles. The highest BCUT2D eigenvalue weighted by Crippen LogP contribution is 2.26. The number of halogens is 1. The minimum Gasteiger partial charge on any atom is -0.419 e. The summed E-state index contributed by atoms with van der Waals surface area (Å²) in [5.41, 5.74) is 1.91. The van der Waals surface area contributed by atoms with Crippen LogP contribution in [0.25, 0.3) is 11.5 Å². The second-order valence-corrected chi connectivity index (χ2v) is 7.32. The fourth-order valence-electron chi connectivity index (χ4n) is 3.08. The fraction of sp³-hybridized carbons (Fsp3) is 0.389. The Bertz CT molecular complexity index is 870. The number of hydrogen-bond donors (Lipinski definition) is 0. The van der Waals surface area contributed by atoms with Crippen LogP contribution in [0.15, 0.2) is 43.7 Å². The van der Waals surface area contributed by atoms with Gasteiger partial charge in [0.05, 0.1) is 17.8 Å².